The molecule has 29 heavy (non-hydrogen) atoms. The van der Waals surface area contributed by atoms with Crippen LogP contribution >= 0.6 is 0 Å². The van der Waals surface area contributed by atoms with Gasteiger partial charge in [0.1, 0.15) is 0 Å². The average molecular weight is 385 g/mol. The molecule has 4 heterocycles. The third-order valence-corrected chi connectivity index (χ3v) is 5.60. The highest BCUT2D eigenvalue weighted by atomic mass is 15.3. The zero-order chi connectivity index (χ0) is 19.8. The predicted molar refractivity (Wildman–Crippen MR) is 114 cm³/mol. The molecule has 0 atom stereocenters. The second-order valence-corrected chi connectivity index (χ2v) is 7.43. The molecule has 0 spiro atoms. The second-order valence-electron chi connectivity index (χ2n) is 7.43. The number of benzene rings is 1. The predicted octanol–water partition coefficient (Wildman–Crippen LogP) is 3.47. The van der Waals surface area contributed by atoms with Crippen molar-refractivity contribution in [1.82, 2.24) is 24.7 Å². The van der Waals surface area contributed by atoms with E-state index in [2.05, 4.69) is 68.0 Å². The van der Waals surface area contributed by atoms with Gasteiger partial charge in [0.15, 0.2) is 0 Å². The van der Waals surface area contributed by atoms with Crippen LogP contribution in [0, 0.1) is 13.8 Å². The van der Waals surface area contributed by atoms with Crippen molar-refractivity contribution in [2.45, 2.75) is 33.5 Å². The summed E-state index contributed by atoms with van der Waals surface area (Å²) in [5.41, 5.74) is 7.08. The van der Waals surface area contributed by atoms with E-state index in [1.54, 1.807) is 18.5 Å². The lowest BCUT2D eigenvalue weighted by Gasteiger charge is -2.30. The summed E-state index contributed by atoms with van der Waals surface area (Å²) < 4.78 is 2.11. The van der Waals surface area contributed by atoms with Crippen LogP contribution in [0.4, 0.5) is 11.6 Å². The minimum absolute atomic E-state index is 0.612. The van der Waals surface area contributed by atoms with E-state index in [1.165, 1.54) is 27.9 Å². The first kappa shape index (κ1) is 17.6. The number of aryl methyl sites for hydroxylation is 2. The molecule has 0 bridgehead atoms. The third kappa shape index (κ3) is 3.29. The third-order valence-electron chi connectivity index (χ3n) is 5.60. The fourth-order valence-corrected chi connectivity index (χ4v) is 3.90. The molecule has 1 N–H and O–H groups in total. The second kappa shape index (κ2) is 7.16. The fraction of sp³-hybridized carbons (Fsp3) is 0.273. The van der Waals surface area contributed by atoms with E-state index in [4.69, 9.17) is 5.10 Å². The van der Waals surface area contributed by atoms with Gasteiger partial charge in [-0.25, -0.2) is 9.97 Å². The number of fused-ring (bicyclic) bond motifs is 2. The van der Waals surface area contributed by atoms with Gasteiger partial charge in [-0.15, -0.1) is 0 Å². The van der Waals surface area contributed by atoms with Gasteiger partial charge in [0.2, 0.25) is 5.95 Å². The van der Waals surface area contributed by atoms with Gasteiger partial charge in [0, 0.05) is 36.2 Å². The lowest BCUT2D eigenvalue weighted by atomic mass is 10.0. The topological polar surface area (TPSA) is 71.8 Å². The minimum atomic E-state index is 0.612. The number of anilines is 2. The van der Waals surface area contributed by atoms with Gasteiger partial charge in [-0.1, -0.05) is 12.1 Å². The Balaban J connectivity index is 1.38. The maximum absolute atomic E-state index is 4.74. The lowest BCUT2D eigenvalue weighted by molar-refractivity contribution is 0.517. The summed E-state index contributed by atoms with van der Waals surface area (Å²) in [5.74, 6) is 0.619. The fourth-order valence-electron chi connectivity index (χ4n) is 3.90. The Bertz CT molecular complexity index is 1170. The van der Waals surface area contributed by atoms with Gasteiger partial charge in [-0.2, -0.15) is 5.10 Å². The Morgan fingerprint density at radius 2 is 1.86 bits per heavy atom. The van der Waals surface area contributed by atoms with Crippen LogP contribution in [-0.2, 0) is 19.6 Å². The highest BCUT2D eigenvalue weighted by molar-refractivity contribution is 5.94. The first-order chi connectivity index (χ1) is 14.2. The number of nitrogens with zero attached hydrogens (tertiary/aromatic N) is 6. The Kier molecular flexibility index (Phi) is 4.35. The van der Waals surface area contributed by atoms with Crippen LogP contribution < -0.4 is 10.2 Å². The van der Waals surface area contributed by atoms with Crippen LogP contribution in [0.1, 0.15) is 22.5 Å². The van der Waals surface area contributed by atoms with Crippen LogP contribution in [-0.4, -0.2) is 31.3 Å². The van der Waals surface area contributed by atoms with Crippen molar-refractivity contribution in [3.63, 3.8) is 0 Å². The van der Waals surface area contributed by atoms with Gasteiger partial charge in [0.25, 0.3) is 0 Å². The average Bonchev–Trinajstić information content (AvgIpc) is 3.17. The zero-order valence-corrected chi connectivity index (χ0v) is 16.6. The monoisotopic (exact) mass is 385 g/mol. The van der Waals surface area contributed by atoms with Crippen molar-refractivity contribution in [2.24, 2.45) is 0 Å². The van der Waals surface area contributed by atoms with Crippen LogP contribution in [0.15, 0.2) is 48.9 Å². The Morgan fingerprint density at radius 3 is 2.72 bits per heavy atom. The molecular formula is C22H23N7. The summed E-state index contributed by atoms with van der Waals surface area (Å²) in [7, 11) is 0. The maximum Gasteiger partial charge on any atom is 0.222 e. The molecule has 7 heteroatoms. The summed E-state index contributed by atoms with van der Waals surface area (Å²) in [6.07, 6.45) is 5.38. The van der Waals surface area contributed by atoms with E-state index in [0.29, 0.717) is 12.5 Å². The van der Waals surface area contributed by atoms with E-state index in [0.717, 1.165) is 30.8 Å². The molecule has 1 aliphatic heterocycles. The van der Waals surface area contributed by atoms with Gasteiger partial charge in [0.05, 0.1) is 36.5 Å². The molecule has 5 rings (SSSR count). The van der Waals surface area contributed by atoms with E-state index in [9.17, 15) is 0 Å². The summed E-state index contributed by atoms with van der Waals surface area (Å²) in [6.45, 7) is 7.52. The maximum atomic E-state index is 4.74. The molecule has 1 aromatic carbocycles. The molecule has 0 unspecified atom stereocenters. The van der Waals surface area contributed by atoms with Crippen molar-refractivity contribution in [1.29, 1.82) is 0 Å². The summed E-state index contributed by atoms with van der Waals surface area (Å²) in [6, 6.07) is 10.5. The standard InChI is InChI=1S/C22H23N7/c1-15-4-5-19-20(6-9-23-21(19)16(15)2)28-10-11-29-18(14-28)12-17(27-29)13-26-22-24-7-3-8-25-22/h3-9,12H,10-11,13-14H2,1-2H3,(H,24,25,26). The number of pyridine rings is 1. The highest BCUT2D eigenvalue weighted by Gasteiger charge is 2.20. The van der Waals surface area contributed by atoms with Crippen LogP contribution in [0.2, 0.25) is 0 Å². The molecule has 1 aliphatic rings. The van der Waals surface area contributed by atoms with Gasteiger partial charge >= 0.3 is 0 Å². The number of aromatic nitrogens is 5. The Morgan fingerprint density at radius 1 is 1.00 bits per heavy atom. The smallest absolute Gasteiger partial charge is 0.222 e. The first-order valence-corrected chi connectivity index (χ1v) is 9.85. The van der Waals surface area contributed by atoms with E-state index in [-0.39, 0.29) is 0 Å². The van der Waals surface area contributed by atoms with E-state index < -0.39 is 0 Å². The summed E-state index contributed by atoms with van der Waals surface area (Å²) in [4.78, 5) is 15.5. The van der Waals surface area contributed by atoms with Crippen molar-refractivity contribution in [3.05, 3.63) is 71.4 Å². The minimum Gasteiger partial charge on any atom is -0.363 e. The molecule has 0 saturated carbocycles. The molecule has 0 radical (unpaired) electrons. The molecule has 3 aromatic heterocycles. The number of hydrogen-bond donors (Lipinski definition) is 1. The molecule has 7 nitrogen and oxygen atoms in total. The molecule has 146 valence electrons. The zero-order valence-electron chi connectivity index (χ0n) is 16.6. The number of rotatable bonds is 4. The van der Waals surface area contributed by atoms with Crippen LogP contribution in [0.3, 0.4) is 0 Å². The van der Waals surface area contributed by atoms with Crippen LogP contribution in [0.5, 0.6) is 0 Å². The van der Waals surface area contributed by atoms with Gasteiger partial charge in [-0.3, -0.25) is 9.67 Å². The molecule has 4 aromatic rings. The van der Waals surface area contributed by atoms with Crippen molar-refractivity contribution >= 4 is 22.5 Å². The largest absolute Gasteiger partial charge is 0.363 e. The Labute approximate surface area is 169 Å². The number of nitrogens with one attached hydrogen (secondary N) is 1. The lowest BCUT2D eigenvalue weighted by Crippen LogP contribution is -2.33. The van der Waals surface area contributed by atoms with E-state index in [1.807, 2.05) is 6.20 Å². The van der Waals surface area contributed by atoms with Crippen molar-refractivity contribution in [2.75, 3.05) is 16.8 Å². The van der Waals surface area contributed by atoms with E-state index >= 15 is 0 Å². The Hall–Kier alpha value is -3.48. The highest BCUT2D eigenvalue weighted by Crippen LogP contribution is 2.31. The van der Waals surface area contributed by atoms with Crippen LogP contribution in [0.25, 0.3) is 10.9 Å². The van der Waals surface area contributed by atoms with Gasteiger partial charge < -0.3 is 10.2 Å². The molecule has 0 amide bonds. The first-order valence-electron chi connectivity index (χ1n) is 9.85. The molecule has 0 aliphatic carbocycles. The normalized spacial score (nSPS) is 13.5. The SMILES string of the molecule is Cc1ccc2c(N3CCn4nc(CNc5ncccn5)cc4C3)ccnc2c1C. The quantitative estimate of drug-likeness (QED) is 0.580. The molecule has 0 saturated heterocycles. The molecule has 0 fully saturated rings. The summed E-state index contributed by atoms with van der Waals surface area (Å²) in [5, 5.41) is 9.18. The van der Waals surface area contributed by atoms with Crippen molar-refractivity contribution in [3.8, 4) is 0 Å². The van der Waals surface area contributed by atoms with Crippen molar-refractivity contribution < 1.29 is 0 Å². The molecular weight excluding hydrogens is 362 g/mol. The van der Waals surface area contributed by atoms with Gasteiger partial charge in [-0.05, 0) is 43.2 Å². The summed E-state index contributed by atoms with van der Waals surface area (Å²) >= 11 is 0. The number of hydrogen-bond acceptors (Lipinski definition) is 6.